The molecule has 3 aromatic carbocycles. The Balaban J connectivity index is 1.54. The number of imide groups is 1. The number of methoxy groups -OCH3 is 2. The molecule has 0 aliphatic carbocycles. The first-order valence-corrected chi connectivity index (χ1v) is 10.7. The molecule has 0 saturated carbocycles. The summed E-state index contributed by atoms with van der Waals surface area (Å²) in [4.78, 5) is 29.7. The first kappa shape index (κ1) is 18.8. The molecule has 2 saturated heterocycles. The Bertz CT molecular complexity index is 1160. The minimum Gasteiger partial charge on any atom is -0.493 e. The molecule has 5 rings (SSSR count). The number of ether oxygens (including phenoxy) is 2. The summed E-state index contributed by atoms with van der Waals surface area (Å²) in [6, 6.07) is 18.3. The molecule has 0 N–H and O–H groups in total. The largest absolute Gasteiger partial charge is 0.493 e. The van der Waals surface area contributed by atoms with Crippen LogP contribution in [0.25, 0.3) is 10.8 Å². The van der Waals surface area contributed by atoms with Crippen LogP contribution in [-0.4, -0.2) is 42.9 Å². The van der Waals surface area contributed by atoms with E-state index in [1.165, 1.54) is 4.90 Å². The zero-order valence-corrected chi connectivity index (χ0v) is 17.4. The fourth-order valence-electron chi connectivity index (χ4n) is 4.18. The van der Waals surface area contributed by atoms with Crippen molar-refractivity contribution in [1.82, 2.24) is 4.90 Å². The molecular formula is C23H20N2O4S. The molecule has 2 aliphatic rings. The average molecular weight is 420 g/mol. The van der Waals surface area contributed by atoms with Gasteiger partial charge in [-0.25, -0.2) is 9.69 Å². The summed E-state index contributed by atoms with van der Waals surface area (Å²) in [5.74, 6) is 1.61. The van der Waals surface area contributed by atoms with Gasteiger partial charge in [-0.05, 0) is 29.1 Å². The first-order valence-electron chi connectivity index (χ1n) is 9.61. The van der Waals surface area contributed by atoms with Crippen molar-refractivity contribution in [3.05, 3.63) is 66.2 Å². The quantitative estimate of drug-likeness (QED) is 0.584. The van der Waals surface area contributed by atoms with Crippen molar-refractivity contribution in [3.63, 3.8) is 0 Å². The number of carbonyl (C=O) groups excluding carboxylic acids is 2. The van der Waals surface area contributed by atoms with E-state index in [9.17, 15) is 9.59 Å². The highest BCUT2D eigenvalue weighted by Crippen LogP contribution is 2.48. The molecular weight excluding hydrogens is 400 g/mol. The summed E-state index contributed by atoms with van der Waals surface area (Å²) < 4.78 is 10.7. The lowest BCUT2D eigenvalue weighted by Crippen LogP contribution is -2.34. The smallest absolute Gasteiger partial charge is 0.333 e. The van der Waals surface area contributed by atoms with Gasteiger partial charge in [-0.1, -0.05) is 42.5 Å². The maximum Gasteiger partial charge on any atom is 0.333 e. The molecule has 0 unspecified atom stereocenters. The lowest BCUT2D eigenvalue weighted by atomic mass is 10.1. The Morgan fingerprint density at radius 2 is 1.70 bits per heavy atom. The van der Waals surface area contributed by atoms with Crippen molar-refractivity contribution in [3.8, 4) is 11.5 Å². The molecule has 152 valence electrons. The highest BCUT2D eigenvalue weighted by atomic mass is 32.2. The minimum absolute atomic E-state index is 0.174. The van der Waals surface area contributed by atoms with Crippen LogP contribution in [0.4, 0.5) is 10.5 Å². The van der Waals surface area contributed by atoms with E-state index in [0.29, 0.717) is 22.9 Å². The van der Waals surface area contributed by atoms with Crippen LogP contribution in [0.15, 0.2) is 60.7 Å². The van der Waals surface area contributed by atoms with Gasteiger partial charge in [0.2, 0.25) is 0 Å². The second kappa shape index (κ2) is 7.25. The molecule has 0 bridgehead atoms. The second-order valence-corrected chi connectivity index (χ2v) is 8.29. The Morgan fingerprint density at radius 1 is 0.933 bits per heavy atom. The lowest BCUT2D eigenvalue weighted by Gasteiger charge is -2.24. The summed E-state index contributed by atoms with van der Waals surface area (Å²) in [6.45, 7) is 0. The third-order valence-electron chi connectivity index (χ3n) is 5.62. The fraction of sp³-hybridized carbons (Fsp3) is 0.217. The van der Waals surface area contributed by atoms with Gasteiger partial charge < -0.3 is 9.47 Å². The molecule has 2 aliphatic heterocycles. The van der Waals surface area contributed by atoms with Gasteiger partial charge in [0.15, 0.2) is 11.5 Å². The van der Waals surface area contributed by atoms with Gasteiger partial charge in [0.1, 0.15) is 11.4 Å². The highest BCUT2D eigenvalue weighted by molar-refractivity contribution is 7.99. The maximum absolute atomic E-state index is 13.5. The second-order valence-electron chi connectivity index (χ2n) is 7.18. The summed E-state index contributed by atoms with van der Waals surface area (Å²) in [7, 11) is 3.17. The normalized spacial score (nSPS) is 20.7. The number of hydrogen-bond acceptors (Lipinski definition) is 5. The molecule has 3 aromatic rings. The van der Waals surface area contributed by atoms with Crippen molar-refractivity contribution in [2.24, 2.45) is 0 Å². The van der Waals surface area contributed by atoms with Crippen molar-refractivity contribution < 1.29 is 19.1 Å². The SMILES string of the molecule is COc1ccc([C@@H]2SC[C@H]3C(=O)N(c4cccc5ccccc45)C(=O)N32)cc1OC. The monoisotopic (exact) mass is 420 g/mol. The van der Waals surface area contributed by atoms with Gasteiger partial charge in [0.25, 0.3) is 5.91 Å². The van der Waals surface area contributed by atoms with Crippen molar-refractivity contribution >= 4 is 40.2 Å². The van der Waals surface area contributed by atoms with E-state index in [1.807, 2.05) is 60.7 Å². The van der Waals surface area contributed by atoms with Crippen molar-refractivity contribution in [1.29, 1.82) is 0 Å². The fourth-order valence-corrected chi connectivity index (χ4v) is 5.58. The van der Waals surface area contributed by atoms with Crippen LogP contribution in [-0.2, 0) is 4.79 Å². The number of anilines is 1. The van der Waals surface area contributed by atoms with Gasteiger partial charge in [0, 0.05) is 11.1 Å². The minimum atomic E-state index is -0.473. The predicted octanol–water partition coefficient (Wildman–Crippen LogP) is 4.44. The van der Waals surface area contributed by atoms with Gasteiger partial charge in [-0.2, -0.15) is 0 Å². The standard InChI is InChI=1S/C23H20N2O4S/c1-28-19-11-10-15(12-20(19)29-2)22-25-18(13-30-22)21(26)24(23(25)27)17-9-5-7-14-6-3-4-8-16(14)17/h3-12,18,22H,13H2,1-2H3/t18-,22-/m0/s1. The average Bonchev–Trinajstić information content (AvgIpc) is 3.33. The molecule has 7 heteroatoms. The van der Waals surface area contributed by atoms with E-state index in [4.69, 9.17) is 9.47 Å². The zero-order chi connectivity index (χ0) is 20.8. The molecule has 2 fully saturated rings. The van der Waals surface area contributed by atoms with Crippen molar-refractivity contribution in [2.75, 3.05) is 24.9 Å². The Kier molecular flexibility index (Phi) is 4.55. The summed E-state index contributed by atoms with van der Waals surface area (Å²) >= 11 is 1.59. The van der Waals surface area contributed by atoms with Crippen LogP contribution in [0, 0.1) is 0 Å². The molecule has 2 atom stereocenters. The Hall–Kier alpha value is -3.19. The molecule has 6 nitrogen and oxygen atoms in total. The molecule has 30 heavy (non-hydrogen) atoms. The molecule has 2 heterocycles. The number of thioether (sulfide) groups is 1. The summed E-state index contributed by atoms with van der Waals surface area (Å²) in [5.41, 5.74) is 1.54. The van der Waals surface area contributed by atoms with Crippen LogP contribution < -0.4 is 14.4 Å². The van der Waals surface area contributed by atoms with Crippen LogP contribution in [0.2, 0.25) is 0 Å². The van der Waals surface area contributed by atoms with Gasteiger partial charge >= 0.3 is 6.03 Å². The molecule has 3 amide bonds. The molecule has 0 aromatic heterocycles. The number of hydrogen-bond donors (Lipinski definition) is 0. The van der Waals surface area contributed by atoms with E-state index in [2.05, 4.69) is 0 Å². The molecule has 0 radical (unpaired) electrons. The van der Waals surface area contributed by atoms with Crippen LogP contribution >= 0.6 is 11.8 Å². The number of fused-ring (bicyclic) bond motifs is 2. The number of carbonyl (C=O) groups is 2. The summed E-state index contributed by atoms with van der Waals surface area (Å²) in [5, 5.41) is 1.62. The topological polar surface area (TPSA) is 59.1 Å². The van der Waals surface area contributed by atoms with Gasteiger partial charge in [-0.3, -0.25) is 9.69 Å². The van der Waals surface area contributed by atoms with Crippen LogP contribution in [0.5, 0.6) is 11.5 Å². The number of urea groups is 1. The van der Waals surface area contributed by atoms with Crippen LogP contribution in [0.1, 0.15) is 10.9 Å². The number of rotatable bonds is 4. The maximum atomic E-state index is 13.5. The van der Waals surface area contributed by atoms with E-state index in [1.54, 1.807) is 30.9 Å². The number of benzene rings is 3. The summed E-state index contributed by atoms with van der Waals surface area (Å²) in [6.07, 6.45) is 0. The van der Waals surface area contributed by atoms with Gasteiger partial charge in [0.05, 0.1) is 19.9 Å². The Morgan fingerprint density at radius 3 is 2.50 bits per heavy atom. The third kappa shape index (κ3) is 2.73. The van der Waals surface area contributed by atoms with E-state index in [-0.39, 0.29) is 17.3 Å². The predicted molar refractivity (Wildman–Crippen MR) is 117 cm³/mol. The number of amides is 3. The van der Waals surface area contributed by atoms with Crippen LogP contribution in [0.3, 0.4) is 0 Å². The molecule has 0 spiro atoms. The third-order valence-corrected chi connectivity index (χ3v) is 6.94. The highest BCUT2D eigenvalue weighted by Gasteiger charge is 2.53. The Labute approximate surface area is 178 Å². The number of nitrogens with zero attached hydrogens (tertiary/aromatic N) is 2. The first-order chi connectivity index (χ1) is 14.6. The van der Waals surface area contributed by atoms with Crippen molar-refractivity contribution in [2.45, 2.75) is 11.4 Å². The lowest BCUT2D eigenvalue weighted by molar-refractivity contribution is -0.119. The van der Waals surface area contributed by atoms with E-state index in [0.717, 1.165) is 16.3 Å². The zero-order valence-electron chi connectivity index (χ0n) is 16.6. The van der Waals surface area contributed by atoms with E-state index < -0.39 is 6.04 Å². The van der Waals surface area contributed by atoms with E-state index >= 15 is 0 Å². The van der Waals surface area contributed by atoms with Gasteiger partial charge in [-0.15, -0.1) is 11.8 Å².